The first-order valence-corrected chi connectivity index (χ1v) is 35.2. The van der Waals surface area contributed by atoms with Gasteiger partial charge in [-0.3, -0.25) is 0 Å². The van der Waals surface area contributed by atoms with Crippen LogP contribution < -0.4 is 0 Å². The van der Waals surface area contributed by atoms with E-state index in [0.717, 1.165) is 80.3 Å². The Morgan fingerprint density at radius 2 is 0.570 bits per heavy atom. The maximum Gasteiger partial charge on any atom is 2.00 e. The molecule has 1 heterocycles. The second kappa shape index (κ2) is 59.2. The van der Waals surface area contributed by atoms with Crippen LogP contribution in [0.4, 0.5) is 0 Å². The van der Waals surface area contributed by atoms with Gasteiger partial charge in [0.25, 0.3) is 0 Å². The number of benzene rings is 2. The number of hydrogen-bond acceptors (Lipinski definition) is 0. The van der Waals surface area contributed by atoms with Gasteiger partial charge >= 0.3 is 16.5 Å². The maximum atomic E-state index is 11.8. The molecular formula is C76H134N2Ni. The summed E-state index contributed by atoms with van der Waals surface area (Å²) in [5.74, 6) is 0. The zero-order valence-corrected chi connectivity index (χ0v) is 55.0. The van der Waals surface area contributed by atoms with Gasteiger partial charge in [0.2, 0.25) is 11.4 Å². The van der Waals surface area contributed by atoms with Crippen LogP contribution in [0.5, 0.6) is 0 Å². The van der Waals surface area contributed by atoms with Gasteiger partial charge in [0.05, 0.1) is 0 Å². The fourth-order valence-corrected chi connectivity index (χ4v) is 11.5. The number of rotatable bonds is 52. The summed E-state index contributed by atoms with van der Waals surface area (Å²) in [6, 6.07) is 17.9. The zero-order chi connectivity index (χ0) is 56.6. The Labute approximate surface area is 506 Å². The summed E-state index contributed by atoms with van der Waals surface area (Å²) in [6.45, 7) is 21.4. The van der Waals surface area contributed by atoms with Crippen LogP contribution in [0.25, 0.3) is 16.9 Å². The first-order valence-electron chi connectivity index (χ1n) is 35.2. The van der Waals surface area contributed by atoms with Crippen LogP contribution >= 0.6 is 0 Å². The molecule has 3 heteroatoms. The van der Waals surface area contributed by atoms with E-state index < -0.39 is 0 Å². The molecule has 1 aliphatic heterocycles. The van der Waals surface area contributed by atoms with Crippen LogP contribution in [0.1, 0.15) is 385 Å². The van der Waals surface area contributed by atoms with Crippen molar-refractivity contribution in [3.63, 3.8) is 0 Å². The van der Waals surface area contributed by atoms with E-state index >= 15 is 0 Å². The first kappa shape index (κ1) is 77.0. The number of allylic oxidation sites excluding steroid dienone is 2. The van der Waals surface area contributed by atoms with Crippen LogP contribution in [0.2, 0.25) is 0 Å². The second-order valence-corrected chi connectivity index (χ2v) is 24.2. The summed E-state index contributed by atoms with van der Waals surface area (Å²) < 4.78 is 1.54. The molecule has 2 nitrogen and oxygen atoms in total. The molecule has 0 saturated heterocycles. The minimum atomic E-state index is 0. The van der Waals surface area contributed by atoms with Crippen molar-refractivity contribution in [2.24, 2.45) is 0 Å². The van der Waals surface area contributed by atoms with Gasteiger partial charge in [0.1, 0.15) is 0 Å². The Balaban J connectivity index is 0.00000123. The van der Waals surface area contributed by atoms with Gasteiger partial charge in [-0.05, 0) is 86.8 Å². The Bertz CT molecular complexity index is 1590. The second-order valence-electron chi connectivity index (χ2n) is 24.2. The topological polar surface area (TPSA) is 25.3 Å². The molecule has 0 bridgehead atoms. The number of aryl methyl sites for hydroxylation is 2. The van der Waals surface area contributed by atoms with Crippen molar-refractivity contribution in [1.82, 2.24) is 0 Å². The minimum absolute atomic E-state index is 0. The van der Waals surface area contributed by atoms with Crippen LogP contribution in [0.3, 0.4) is 0 Å². The minimum Gasteiger partial charge on any atom is -0.493 e. The van der Waals surface area contributed by atoms with Gasteiger partial charge in [-0.1, -0.05) is 335 Å². The molecule has 3 rings (SSSR count). The molecule has 0 aliphatic carbocycles. The Hall–Kier alpha value is -1.99. The van der Waals surface area contributed by atoms with Crippen molar-refractivity contribution < 1.29 is 21.2 Å². The SMILES string of the molecule is CCCCCC1=C(c2ccc(CCCCC)cc2)[N+](=[N-])C(c2cccc(CCCC)c2)=C1CCCC.[CH2-]CCCCCCCCCCCCCCCCCCCC.[CH2-]CCCCCCCCCCCCCCCCCCCC.[Ni+2]. The summed E-state index contributed by atoms with van der Waals surface area (Å²) in [4.78, 5) is 0. The van der Waals surface area contributed by atoms with Gasteiger partial charge in [0.15, 0.2) is 0 Å². The average Bonchev–Trinajstić information content (AvgIpc) is 3.86. The molecule has 0 amide bonds. The Morgan fingerprint density at radius 1 is 0.291 bits per heavy atom. The zero-order valence-electron chi connectivity index (χ0n) is 54.0. The predicted molar refractivity (Wildman–Crippen MR) is 353 cm³/mol. The molecule has 1 aliphatic rings. The molecular weight excluding hydrogens is 1000 g/mol. The molecule has 0 aromatic heterocycles. The van der Waals surface area contributed by atoms with Gasteiger partial charge < -0.3 is 19.4 Å². The molecule has 0 radical (unpaired) electrons. The normalized spacial score (nSPS) is 12.2. The molecule has 0 saturated carbocycles. The molecule has 458 valence electrons. The third kappa shape index (κ3) is 41.6. The summed E-state index contributed by atoms with van der Waals surface area (Å²) in [6.07, 6.45) is 70.9. The molecule has 0 N–H and O–H groups in total. The largest absolute Gasteiger partial charge is 2.00 e. The predicted octanol–water partition coefficient (Wildman–Crippen LogP) is 27.2. The summed E-state index contributed by atoms with van der Waals surface area (Å²) in [5, 5.41) is 0. The molecule has 2 aromatic rings. The van der Waals surface area contributed by atoms with E-state index in [4.69, 9.17) is 0 Å². The van der Waals surface area contributed by atoms with Crippen molar-refractivity contribution in [2.45, 2.75) is 375 Å². The van der Waals surface area contributed by atoms with E-state index in [1.54, 1.807) is 0 Å². The summed E-state index contributed by atoms with van der Waals surface area (Å²) in [7, 11) is 0. The molecule has 0 unspecified atom stereocenters. The van der Waals surface area contributed by atoms with Gasteiger partial charge in [-0.2, -0.15) is 12.8 Å². The third-order valence-corrected chi connectivity index (χ3v) is 16.7. The number of nitrogens with zero attached hydrogens (tertiary/aromatic N) is 2. The summed E-state index contributed by atoms with van der Waals surface area (Å²) in [5.41, 5.74) is 21.5. The van der Waals surface area contributed by atoms with Crippen LogP contribution in [0.15, 0.2) is 59.7 Å². The fourth-order valence-electron chi connectivity index (χ4n) is 11.5. The van der Waals surface area contributed by atoms with Crippen LogP contribution in [-0.2, 0) is 29.3 Å². The molecule has 0 spiro atoms. The quantitative estimate of drug-likeness (QED) is 0.0273. The monoisotopic (exact) mass is 1130 g/mol. The van der Waals surface area contributed by atoms with Gasteiger partial charge in [-0.15, -0.1) is 0 Å². The standard InChI is InChI=1S/C34H48N2.2C21H43.Ni/c1-5-9-13-17-27-22-24-29(25-23-27)33-32(21-14-10-6-2)31(20-12-8-4)34(36(33)35)30-19-15-18-28(26-30)16-11-7-3;2*1-3-5-7-9-11-13-15-17-19-21-20-18-16-14-12-10-8-6-4-2;/h15,18-19,22-26H,5-14,16-17,20-21H2,1-4H3;2*1,3-21H2,2H3;/q;2*-1;+2. The summed E-state index contributed by atoms with van der Waals surface area (Å²) >= 11 is 0. The van der Waals surface area contributed by atoms with E-state index in [9.17, 15) is 5.53 Å². The molecule has 79 heavy (non-hydrogen) atoms. The molecule has 2 aromatic carbocycles. The van der Waals surface area contributed by atoms with Crippen molar-refractivity contribution in [3.05, 3.63) is 101 Å². The molecule has 0 fully saturated rings. The van der Waals surface area contributed by atoms with E-state index in [0.29, 0.717) is 0 Å². The fraction of sp³-hybridized carbons (Fsp3) is 0.763. The van der Waals surface area contributed by atoms with Crippen molar-refractivity contribution in [3.8, 4) is 0 Å². The number of unbranched alkanes of at least 4 members (excludes halogenated alkanes) is 42. The van der Waals surface area contributed by atoms with Crippen LogP contribution in [0, 0.1) is 13.8 Å². The smallest absolute Gasteiger partial charge is 0.493 e. The number of hydrogen-bond donors (Lipinski definition) is 0. The van der Waals surface area contributed by atoms with Crippen LogP contribution in [-0.4, -0.2) is 4.70 Å². The van der Waals surface area contributed by atoms with E-state index in [1.807, 2.05) is 0 Å². The van der Waals surface area contributed by atoms with E-state index in [2.05, 4.69) is 104 Å². The van der Waals surface area contributed by atoms with Gasteiger partial charge in [-0.25, -0.2) is 4.70 Å². The average molecular weight is 1130 g/mol. The Morgan fingerprint density at radius 3 is 0.924 bits per heavy atom. The molecule has 0 atom stereocenters. The van der Waals surface area contributed by atoms with Crippen molar-refractivity contribution in [2.75, 3.05) is 0 Å². The Kier molecular flexibility index (Phi) is 57.7. The van der Waals surface area contributed by atoms with Gasteiger partial charge in [0, 0.05) is 22.3 Å². The maximum absolute atomic E-state index is 11.8. The third-order valence-electron chi connectivity index (χ3n) is 16.7. The van der Waals surface area contributed by atoms with E-state index in [1.165, 1.54) is 303 Å². The van der Waals surface area contributed by atoms with E-state index in [-0.39, 0.29) is 16.5 Å². The van der Waals surface area contributed by atoms with Crippen molar-refractivity contribution >= 4 is 11.4 Å². The first-order chi connectivity index (χ1) is 38.5. The van der Waals surface area contributed by atoms with Crippen molar-refractivity contribution in [1.29, 1.82) is 0 Å².